The largest absolute Gasteiger partial charge is 0.306 e. The minimum absolute atomic E-state index is 0.0657. The fourth-order valence-corrected chi connectivity index (χ4v) is 3.27. The molecule has 19 heavy (non-hydrogen) atoms. The molecule has 0 radical (unpaired) electrons. The molecular weight excluding hydrogens is 260 g/mol. The van der Waals surface area contributed by atoms with Gasteiger partial charge in [-0.05, 0) is 29.5 Å². The molecule has 100 valence electrons. The number of rotatable bonds is 1. The maximum atomic E-state index is 12.4. The number of Topliss-reactive ketones (excluding diaryl/α,β-unsaturated/α-hetero) is 1. The number of carbonyl (C=O) groups is 1. The molecule has 3 rings (SSSR count). The lowest BCUT2D eigenvalue weighted by Crippen LogP contribution is -2.45. The van der Waals surface area contributed by atoms with Gasteiger partial charge in [-0.15, -0.1) is 0 Å². The van der Waals surface area contributed by atoms with Crippen molar-refractivity contribution in [1.29, 1.82) is 0 Å². The van der Waals surface area contributed by atoms with Gasteiger partial charge < -0.3 is 5.43 Å². The molecule has 1 aliphatic carbocycles. The van der Waals surface area contributed by atoms with Crippen LogP contribution in [0.5, 0.6) is 0 Å². The van der Waals surface area contributed by atoms with Crippen molar-refractivity contribution in [3.63, 3.8) is 0 Å². The molecule has 2 aliphatic rings. The molecule has 0 spiro atoms. The fraction of sp³-hybridized carbons (Fsp3) is 0.467. The van der Waals surface area contributed by atoms with Gasteiger partial charge in [0.05, 0.1) is 17.7 Å². The van der Waals surface area contributed by atoms with Gasteiger partial charge in [-0.2, -0.15) is 5.10 Å². The lowest BCUT2D eigenvalue weighted by atomic mass is 9.68. The molecule has 1 N–H and O–H groups in total. The molecule has 2 atom stereocenters. The van der Waals surface area contributed by atoms with Crippen molar-refractivity contribution < 1.29 is 4.79 Å². The molecule has 0 aromatic heterocycles. The standard InChI is InChI=1S/C15H17ClN2O/c1-15(2)7-11-13(12(19)8-15)14(18-17-11)9-3-5-10(16)6-4-9/h3-6,11,13,17H,7-8H2,1-2H3. The molecular formula is C15H17ClN2O. The highest BCUT2D eigenvalue weighted by Crippen LogP contribution is 2.39. The summed E-state index contributed by atoms with van der Waals surface area (Å²) >= 11 is 5.90. The van der Waals surface area contributed by atoms with E-state index in [-0.39, 0.29) is 17.4 Å². The van der Waals surface area contributed by atoms with Gasteiger partial charge in [0.1, 0.15) is 5.78 Å². The van der Waals surface area contributed by atoms with E-state index in [1.54, 1.807) is 0 Å². The van der Waals surface area contributed by atoms with Crippen molar-refractivity contribution in [3.05, 3.63) is 34.9 Å². The molecule has 1 heterocycles. The molecule has 1 aromatic carbocycles. The van der Waals surface area contributed by atoms with Crippen LogP contribution in [0.25, 0.3) is 0 Å². The van der Waals surface area contributed by atoms with E-state index in [0.717, 1.165) is 17.7 Å². The Bertz CT molecular complexity index is 548. The predicted molar refractivity (Wildman–Crippen MR) is 76.4 cm³/mol. The van der Waals surface area contributed by atoms with E-state index in [2.05, 4.69) is 24.4 Å². The molecule has 4 heteroatoms. The van der Waals surface area contributed by atoms with E-state index in [1.807, 2.05) is 24.3 Å². The number of nitrogens with one attached hydrogen (secondary N) is 1. The zero-order valence-electron chi connectivity index (χ0n) is 11.1. The highest BCUT2D eigenvalue weighted by molar-refractivity contribution is 6.30. The minimum atomic E-state index is -0.103. The Labute approximate surface area is 118 Å². The number of carbonyl (C=O) groups excluding carboxylic acids is 1. The summed E-state index contributed by atoms with van der Waals surface area (Å²) in [5.74, 6) is 0.189. The number of fused-ring (bicyclic) bond motifs is 1. The van der Waals surface area contributed by atoms with Crippen molar-refractivity contribution in [2.24, 2.45) is 16.4 Å². The Morgan fingerprint density at radius 2 is 2.00 bits per heavy atom. The highest BCUT2D eigenvalue weighted by Gasteiger charge is 2.46. The quantitative estimate of drug-likeness (QED) is 0.857. The van der Waals surface area contributed by atoms with Gasteiger partial charge in [0.15, 0.2) is 0 Å². The van der Waals surface area contributed by atoms with Crippen molar-refractivity contribution in [2.75, 3.05) is 0 Å². The van der Waals surface area contributed by atoms with Gasteiger partial charge in [0.2, 0.25) is 0 Å². The first-order valence-corrected chi connectivity index (χ1v) is 6.96. The number of ketones is 1. The molecule has 0 bridgehead atoms. The molecule has 1 fully saturated rings. The third-order valence-electron chi connectivity index (χ3n) is 3.96. The predicted octanol–water partition coefficient (Wildman–Crippen LogP) is 3.02. The van der Waals surface area contributed by atoms with Crippen LogP contribution in [0.3, 0.4) is 0 Å². The summed E-state index contributed by atoms with van der Waals surface area (Å²) in [5, 5.41) is 5.10. The van der Waals surface area contributed by atoms with E-state index in [4.69, 9.17) is 11.6 Å². The molecule has 3 nitrogen and oxygen atoms in total. The summed E-state index contributed by atoms with van der Waals surface area (Å²) in [6.07, 6.45) is 1.60. The lowest BCUT2D eigenvalue weighted by Gasteiger charge is -2.36. The Hall–Kier alpha value is -1.35. The van der Waals surface area contributed by atoms with E-state index in [9.17, 15) is 4.79 Å². The number of hydrogen-bond donors (Lipinski definition) is 1. The monoisotopic (exact) mass is 276 g/mol. The van der Waals surface area contributed by atoms with Gasteiger partial charge in [-0.3, -0.25) is 4.79 Å². The topological polar surface area (TPSA) is 41.5 Å². The Balaban J connectivity index is 1.90. The third kappa shape index (κ3) is 2.27. The number of halogens is 1. The smallest absolute Gasteiger partial charge is 0.144 e. The number of nitrogens with zero attached hydrogens (tertiary/aromatic N) is 1. The number of benzene rings is 1. The van der Waals surface area contributed by atoms with E-state index >= 15 is 0 Å². The molecule has 0 saturated heterocycles. The van der Waals surface area contributed by atoms with Gasteiger partial charge in [0, 0.05) is 11.4 Å². The van der Waals surface area contributed by atoms with Crippen molar-refractivity contribution in [1.82, 2.24) is 5.43 Å². The van der Waals surface area contributed by atoms with Gasteiger partial charge >= 0.3 is 0 Å². The summed E-state index contributed by atoms with van der Waals surface area (Å²) in [6.45, 7) is 4.28. The van der Waals surface area contributed by atoms with Crippen LogP contribution in [-0.2, 0) is 4.79 Å². The highest BCUT2D eigenvalue weighted by atomic mass is 35.5. The van der Waals surface area contributed by atoms with Crippen molar-refractivity contribution in [3.8, 4) is 0 Å². The second-order valence-electron chi connectivity index (χ2n) is 6.23. The first-order chi connectivity index (χ1) is 8.96. The maximum Gasteiger partial charge on any atom is 0.144 e. The average Bonchev–Trinajstić information content (AvgIpc) is 2.72. The van der Waals surface area contributed by atoms with Crippen molar-refractivity contribution >= 4 is 23.1 Å². The second kappa shape index (κ2) is 4.34. The summed E-state index contributed by atoms with van der Waals surface area (Å²) < 4.78 is 0. The molecule has 1 aromatic rings. The maximum absolute atomic E-state index is 12.4. The summed E-state index contributed by atoms with van der Waals surface area (Å²) in [7, 11) is 0. The fourth-order valence-electron chi connectivity index (χ4n) is 3.14. The first kappa shape index (κ1) is 12.7. The van der Waals surface area contributed by atoms with Crippen LogP contribution in [0.15, 0.2) is 29.4 Å². The zero-order valence-corrected chi connectivity index (χ0v) is 11.9. The van der Waals surface area contributed by atoms with Crippen LogP contribution < -0.4 is 5.43 Å². The van der Waals surface area contributed by atoms with Crippen LogP contribution in [0, 0.1) is 11.3 Å². The van der Waals surface area contributed by atoms with Crippen LogP contribution >= 0.6 is 11.6 Å². The third-order valence-corrected chi connectivity index (χ3v) is 4.21. The van der Waals surface area contributed by atoms with Crippen LogP contribution in [0.4, 0.5) is 0 Å². The summed E-state index contributed by atoms with van der Waals surface area (Å²) in [4.78, 5) is 12.4. The Kier molecular flexibility index (Phi) is 2.90. The SMILES string of the molecule is CC1(C)CC(=O)C2C(c3ccc(Cl)cc3)=NNC2C1. The zero-order chi connectivity index (χ0) is 13.6. The minimum Gasteiger partial charge on any atom is -0.306 e. The summed E-state index contributed by atoms with van der Waals surface area (Å²) in [5.41, 5.74) is 5.05. The van der Waals surface area contributed by atoms with Crippen LogP contribution in [-0.4, -0.2) is 17.5 Å². The molecule has 2 unspecified atom stereocenters. The molecule has 1 saturated carbocycles. The van der Waals surface area contributed by atoms with E-state index < -0.39 is 0 Å². The van der Waals surface area contributed by atoms with E-state index in [1.165, 1.54) is 0 Å². The molecule has 0 amide bonds. The second-order valence-corrected chi connectivity index (χ2v) is 6.67. The molecule has 1 aliphatic heterocycles. The Morgan fingerprint density at radius 1 is 1.32 bits per heavy atom. The van der Waals surface area contributed by atoms with Crippen LogP contribution in [0.1, 0.15) is 32.3 Å². The number of hydrogen-bond acceptors (Lipinski definition) is 3. The average molecular weight is 277 g/mol. The van der Waals surface area contributed by atoms with Gasteiger partial charge in [0.25, 0.3) is 0 Å². The van der Waals surface area contributed by atoms with Crippen molar-refractivity contribution in [2.45, 2.75) is 32.7 Å². The Morgan fingerprint density at radius 3 is 2.68 bits per heavy atom. The normalized spacial score (nSPS) is 28.6. The van der Waals surface area contributed by atoms with Gasteiger partial charge in [-0.1, -0.05) is 37.6 Å². The van der Waals surface area contributed by atoms with Gasteiger partial charge in [-0.25, -0.2) is 0 Å². The van der Waals surface area contributed by atoms with E-state index in [0.29, 0.717) is 17.2 Å². The number of hydrazone groups is 1. The lowest BCUT2D eigenvalue weighted by molar-refractivity contribution is -0.126. The van der Waals surface area contributed by atoms with Crippen LogP contribution in [0.2, 0.25) is 5.02 Å². The summed E-state index contributed by atoms with van der Waals surface area (Å²) in [6, 6.07) is 7.67. The first-order valence-electron chi connectivity index (χ1n) is 6.58.